The fourth-order valence-electron chi connectivity index (χ4n) is 4.19. The summed E-state index contributed by atoms with van der Waals surface area (Å²) in [5.41, 5.74) is 1.13. The van der Waals surface area contributed by atoms with E-state index in [4.69, 9.17) is 14.2 Å². The number of anilines is 1. The number of amides is 1. The smallest absolute Gasteiger partial charge is 0.416 e. The predicted molar refractivity (Wildman–Crippen MR) is 149 cm³/mol. The van der Waals surface area contributed by atoms with Gasteiger partial charge in [-0.3, -0.25) is 9.88 Å². The van der Waals surface area contributed by atoms with Crippen molar-refractivity contribution in [2.75, 3.05) is 11.5 Å². The SMILES string of the molecule is Cc1ccc(C2C(COc3cc(N(Cc4nnc(C)s4)C(=O)OC(C)(C)C)nc(C)n3)C2OC(C)(C)C)nc1. The summed E-state index contributed by atoms with van der Waals surface area (Å²) in [5, 5.41) is 9.73. The average molecular weight is 555 g/mol. The zero-order valence-electron chi connectivity index (χ0n) is 24.2. The van der Waals surface area contributed by atoms with Gasteiger partial charge in [0.15, 0.2) is 0 Å². The number of aryl methyl sites for hydroxylation is 3. The Bertz CT molecular complexity index is 1300. The van der Waals surface area contributed by atoms with Crippen LogP contribution < -0.4 is 9.64 Å². The Labute approximate surface area is 234 Å². The molecule has 0 spiro atoms. The summed E-state index contributed by atoms with van der Waals surface area (Å²) in [5.74, 6) is 1.46. The molecule has 3 unspecified atom stereocenters. The Morgan fingerprint density at radius 2 is 1.77 bits per heavy atom. The van der Waals surface area contributed by atoms with Crippen LogP contribution in [0.15, 0.2) is 24.4 Å². The number of rotatable bonds is 8. The van der Waals surface area contributed by atoms with E-state index in [-0.39, 0.29) is 30.1 Å². The number of carbonyl (C=O) groups is 1. The molecule has 0 aliphatic heterocycles. The second kappa shape index (κ2) is 11.1. The minimum Gasteiger partial charge on any atom is -0.477 e. The fraction of sp³-hybridized carbons (Fsp3) is 0.571. The van der Waals surface area contributed by atoms with Crippen LogP contribution >= 0.6 is 11.3 Å². The molecule has 1 amide bonds. The van der Waals surface area contributed by atoms with E-state index in [1.54, 1.807) is 13.0 Å². The van der Waals surface area contributed by atoms with Crippen molar-refractivity contribution in [3.05, 3.63) is 51.5 Å². The van der Waals surface area contributed by atoms with E-state index in [1.807, 2.05) is 61.6 Å². The molecule has 3 aromatic rings. The Kier molecular flexibility index (Phi) is 8.22. The topological polar surface area (TPSA) is 112 Å². The van der Waals surface area contributed by atoms with E-state index in [9.17, 15) is 4.79 Å². The van der Waals surface area contributed by atoms with Gasteiger partial charge in [-0.05, 0) is 73.9 Å². The molecule has 10 nitrogen and oxygen atoms in total. The second-order valence-electron chi connectivity index (χ2n) is 11.8. The minimum absolute atomic E-state index is 0.0125. The number of nitrogens with zero attached hydrogens (tertiary/aromatic N) is 6. The molecular weight excluding hydrogens is 516 g/mol. The summed E-state index contributed by atoms with van der Waals surface area (Å²) in [6, 6.07) is 5.78. The molecule has 11 heteroatoms. The summed E-state index contributed by atoms with van der Waals surface area (Å²) in [4.78, 5) is 28.3. The summed E-state index contributed by atoms with van der Waals surface area (Å²) in [7, 11) is 0. The third-order valence-corrected chi connectivity index (χ3v) is 6.66. The van der Waals surface area contributed by atoms with Gasteiger partial charge in [0.1, 0.15) is 27.3 Å². The lowest BCUT2D eigenvalue weighted by Gasteiger charge is -2.26. The van der Waals surface area contributed by atoms with Gasteiger partial charge >= 0.3 is 6.09 Å². The largest absolute Gasteiger partial charge is 0.477 e. The number of aromatic nitrogens is 5. The lowest BCUT2D eigenvalue weighted by Crippen LogP contribution is -2.37. The molecule has 1 fully saturated rings. The molecule has 3 heterocycles. The highest BCUT2D eigenvalue weighted by Crippen LogP contribution is 2.51. The lowest BCUT2D eigenvalue weighted by atomic mass is 10.2. The summed E-state index contributed by atoms with van der Waals surface area (Å²) >= 11 is 1.41. The van der Waals surface area contributed by atoms with Crippen molar-refractivity contribution in [2.24, 2.45) is 5.92 Å². The highest BCUT2D eigenvalue weighted by Gasteiger charge is 2.55. The standard InChI is InChI=1S/C28H38N6O4S/c1-16-10-11-20(29-13-16)24-19(25(24)37-27(4,5)6)15-36-22-12-21(30-17(2)31-22)34(26(35)38-28(7,8)9)14-23-33-32-18(3)39-23/h10-13,19,24-25H,14-15H2,1-9H3. The van der Waals surface area contributed by atoms with Gasteiger partial charge in [-0.15, -0.1) is 10.2 Å². The first kappa shape index (κ1) is 28.8. The average Bonchev–Trinajstić information content (AvgIpc) is 3.29. The molecule has 39 heavy (non-hydrogen) atoms. The predicted octanol–water partition coefficient (Wildman–Crippen LogP) is 5.57. The first-order chi connectivity index (χ1) is 18.2. The maximum absolute atomic E-state index is 13.2. The number of ether oxygens (including phenoxy) is 3. The fourth-order valence-corrected chi connectivity index (χ4v) is 4.88. The van der Waals surface area contributed by atoms with Crippen molar-refractivity contribution < 1.29 is 19.0 Å². The second-order valence-corrected chi connectivity index (χ2v) is 13.1. The third-order valence-electron chi connectivity index (χ3n) is 5.84. The Morgan fingerprint density at radius 1 is 1.03 bits per heavy atom. The van der Waals surface area contributed by atoms with Crippen LogP contribution in [0.25, 0.3) is 0 Å². The van der Waals surface area contributed by atoms with Gasteiger partial charge in [-0.1, -0.05) is 17.4 Å². The molecule has 0 radical (unpaired) electrons. The van der Waals surface area contributed by atoms with Crippen molar-refractivity contribution in [3.63, 3.8) is 0 Å². The van der Waals surface area contributed by atoms with Crippen molar-refractivity contribution in [3.8, 4) is 5.88 Å². The first-order valence-electron chi connectivity index (χ1n) is 13.1. The number of pyridine rings is 1. The minimum atomic E-state index is -0.680. The van der Waals surface area contributed by atoms with Crippen molar-refractivity contribution in [2.45, 2.75) is 92.1 Å². The molecule has 0 aromatic carbocycles. The lowest BCUT2D eigenvalue weighted by molar-refractivity contribution is -0.0261. The maximum Gasteiger partial charge on any atom is 0.416 e. The highest BCUT2D eigenvalue weighted by molar-refractivity contribution is 7.11. The van der Waals surface area contributed by atoms with Crippen LogP contribution in [-0.4, -0.2) is 55.2 Å². The molecule has 210 valence electrons. The van der Waals surface area contributed by atoms with Gasteiger partial charge < -0.3 is 14.2 Å². The Morgan fingerprint density at radius 3 is 2.36 bits per heavy atom. The Balaban J connectivity index is 1.55. The zero-order valence-corrected chi connectivity index (χ0v) is 25.0. The number of hydrogen-bond acceptors (Lipinski definition) is 10. The van der Waals surface area contributed by atoms with E-state index < -0.39 is 11.7 Å². The van der Waals surface area contributed by atoms with Gasteiger partial charge in [0, 0.05) is 29.8 Å². The number of hydrogen-bond donors (Lipinski definition) is 0. The van der Waals surface area contributed by atoms with E-state index in [2.05, 4.69) is 37.3 Å². The molecule has 3 atom stereocenters. The molecule has 3 aromatic heterocycles. The normalized spacial score (nSPS) is 19.1. The van der Waals surface area contributed by atoms with Crippen molar-refractivity contribution in [1.29, 1.82) is 0 Å². The van der Waals surface area contributed by atoms with Crippen LogP contribution in [0.1, 0.15) is 74.6 Å². The third kappa shape index (κ3) is 7.92. The molecule has 1 aliphatic carbocycles. The van der Waals surface area contributed by atoms with Gasteiger partial charge in [-0.25, -0.2) is 9.78 Å². The molecule has 1 aliphatic rings. The van der Waals surface area contributed by atoms with Crippen LogP contribution in [0.2, 0.25) is 0 Å². The van der Waals surface area contributed by atoms with Gasteiger partial charge in [-0.2, -0.15) is 4.98 Å². The van der Waals surface area contributed by atoms with Gasteiger partial charge in [0.05, 0.1) is 24.9 Å². The monoisotopic (exact) mass is 554 g/mol. The van der Waals surface area contributed by atoms with Crippen LogP contribution in [0.4, 0.5) is 10.6 Å². The maximum atomic E-state index is 13.2. The molecule has 0 N–H and O–H groups in total. The van der Waals surface area contributed by atoms with Gasteiger partial charge in [0.25, 0.3) is 0 Å². The highest BCUT2D eigenvalue weighted by atomic mass is 32.1. The van der Waals surface area contributed by atoms with Crippen molar-refractivity contribution >= 4 is 23.2 Å². The summed E-state index contributed by atoms with van der Waals surface area (Å²) in [6.07, 6.45) is 1.33. The molecular formula is C28H38N6O4S. The Hall–Kier alpha value is -3.18. The molecule has 1 saturated carbocycles. The summed E-state index contributed by atoms with van der Waals surface area (Å²) in [6.45, 7) is 17.8. The first-order valence-corrected chi connectivity index (χ1v) is 13.9. The molecule has 0 bridgehead atoms. The van der Waals surface area contributed by atoms with E-state index in [1.165, 1.54) is 16.2 Å². The van der Waals surface area contributed by atoms with Crippen LogP contribution in [0, 0.1) is 26.7 Å². The van der Waals surface area contributed by atoms with E-state index in [0.717, 1.165) is 16.3 Å². The quantitative estimate of drug-likeness (QED) is 0.353. The van der Waals surface area contributed by atoms with Crippen LogP contribution in [-0.2, 0) is 16.0 Å². The van der Waals surface area contributed by atoms with E-state index in [0.29, 0.717) is 29.1 Å². The van der Waals surface area contributed by atoms with Crippen molar-refractivity contribution in [1.82, 2.24) is 25.1 Å². The molecule has 4 rings (SSSR count). The zero-order chi connectivity index (χ0) is 28.5. The molecule has 0 saturated heterocycles. The number of carbonyl (C=O) groups excluding carboxylic acids is 1. The van der Waals surface area contributed by atoms with Crippen LogP contribution in [0.3, 0.4) is 0 Å². The van der Waals surface area contributed by atoms with E-state index >= 15 is 0 Å². The van der Waals surface area contributed by atoms with Crippen LogP contribution in [0.5, 0.6) is 5.88 Å². The van der Waals surface area contributed by atoms with Gasteiger partial charge in [0.2, 0.25) is 5.88 Å². The summed E-state index contributed by atoms with van der Waals surface area (Å²) < 4.78 is 18.2.